The number of benzene rings is 1. The van der Waals surface area contributed by atoms with Gasteiger partial charge in [0.25, 0.3) is 5.91 Å². The largest absolute Gasteiger partial charge is 0.322 e. The van der Waals surface area contributed by atoms with E-state index in [-0.39, 0.29) is 18.2 Å². The molecule has 0 saturated carbocycles. The molecule has 2 aliphatic rings. The summed E-state index contributed by atoms with van der Waals surface area (Å²) < 4.78 is 1.95. The van der Waals surface area contributed by atoms with Crippen molar-refractivity contribution in [1.29, 1.82) is 0 Å². The zero-order chi connectivity index (χ0) is 18.5. The number of imide groups is 1. The molecule has 4 heterocycles. The maximum absolute atomic E-state index is 12.8. The molecule has 1 saturated heterocycles. The van der Waals surface area contributed by atoms with Crippen LogP contribution in [0.15, 0.2) is 48.9 Å². The Morgan fingerprint density at radius 3 is 2.85 bits per heavy atom. The summed E-state index contributed by atoms with van der Waals surface area (Å²) in [5.41, 5.74) is 4.25. The minimum atomic E-state index is -0.598. The van der Waals surface area contributed by atoms with Crippen LogP contribution in [0.5, 0.6) is 0 Å². The highest BCUT2D eigenvalue weighted by atomic mass is 16.2. The fraction of sp³-hybridized carbons (Fsp3) is 0.200. The molecule has 5 rings (SSSR count). The highest BCUT2D eigenvalue weighted by molar-refractivity contribution is 6.05. The second-order valence-electron chi connectivity index (χ2n) is 6.86. The van der Waals surface area contributed by atoms with Crippen molar-refractivity contribution in [3.05, 3.63) is 60.0 Å². The summed E-state index contributed by atoms with van der Waals surface area (Å²) in [5, 5.41) is 2.32. The molecule has 1 aromatic carbocycles. The molecule has 1 unspecified atom stereocenters. The van der Waals surface area contributed by atoms with Gasteiger partial charge in [-0.05, 0) is 36.2 Å². The Bertz CT molecular complexity index is 1120. The SMILES string of the molecule is O=C1CCC(N2Cc3cc(-c4ncn5ccccc45)ccc3C2=O)C(=O)N1. The summed E-state index contributed by atoms with van der Waals surface area (Å²) >= 11 is 0. The second-order valence-corrected chi connectivity index (χ2v) is 6.86. The van der Waals surface area contributed by atoms with E-state index in [0.29, 0.717) is 18.5 Å². The zero-order valence-corrected chi connectivity index (χ0v) is 14.4. The minimum Gasteiger partial charge on any atom is -0.322 e. The lowest BCUT2D eigenvalue weighted by Crippen LogP contribution is -2.52. The van der Waals surface area contributed by atoms with Gasteiger partial charge < -0.3 is 9.30 Å². The van der Waals surface area contributed by atoms with E-state index in [1.807, 2.05) is 40.9 Å². The van der Waals surface area contributed by atoms with Crippen molar-refractivity contribution in [2.24, 2.45) is 0 Å². The van der Waals surface area contributed by atoms with Crippen LogP contribution < -0.4 is 5.32 Å². The molecular formula is C20H16N4O3. The smallest absolute Gasteiger partial charge is 0.255 e. The Labute approximate surface area is 154 Å². The monoisotopic (exact) mass is 360 g/mol. The zero-order valence-electron chi connectivity index (χ0n) is 14.4. The number of carbonyl (C=O) groups is 3. The fourth-order valence-electron chi connectivity index (χ4n) is 3.89. The van der Waals surface area contributed by atoms with Gasteiger partial charge in [0.15, 0.2) is 0 Å². The highest BCUT2D eigenvalue weighted by Crippen LogP contribution is 2.32. The first-order chi connectivity index (χ1) is 13.1. The molecule has 0 spiro atoms. The predicted molar refractivity (Wildman–Crippen MR) is 96.7 cm³/mol. The van der Waals surface area contributed by atoms with Gasteiger partial charge in [-0.15, -0.1) is 0 Å². The standard InChI is InChI=1S/C20H16N4O3/c25-17-7-6-16(19(26)22-17)24-10-13-9-12(4-5-14(13)20(24)27)18-15-3-1-2-8-23(15)11-21-18/h1-5,8-9,11,16H,6-7,10H2,(H,22,25,26). The number of nitrogens with one attached hydrogen (secondary N) is 1. The van der Waals surface area contributed by atoms with Crippen LogP contribution in [0, 0.1) is 0 Å². The van der Waals surface area contributed by atoms with E-state index in [1.54, 1.807) is 17.3 Å². The van der Waals surface area contributed by atoms with E-state index in [4.69, 9.17) is 0 Å². The van der Waals surface area contributed by atoms with Gasteiger partial charge >= 0.3 is 0 Å². The van der Waals surface area contributed by atoms with Crippen molar-refractivity contribution >= 4 is 23.2 Å². The first kappa shape index (κ1) is 15.7. The summed E-state index contributed by atoms with van der Waals surface area (Å²) in [6.45, 7) is 0.361. The van der Waals surface area contributed by atoms with Crippen molar-refractivity contribution in [2.75, 3.05) is 0 Å². The molecule has 3 aromatic rings. The Kier molecular flexibility index (Phi) is 3.36. The molecular weight excluding hydrogens is 344 g/mol. The molecule has 1 N–H and O–H groups in total. The number of amides is 3. The van der Waals surface area contributed by atoms with Crippen LogP contribution in [0.1, 0.15) is 28.8 Å². The molecule has 7 heteroatoms. The Balaban J connectivity index is 1.49. The lowest BCUT2D eigenvalue weighted by molar-refractivity contribution is -0.136. The molecule has 0 aliphatic carbocycles. The number of pyridine rings is 1. The van der Waals surface area contributed by atoms with E-state index >= 15 is 0 Å². The number of fused-ring (bicyclic) bond motifs is 2. The van der Waals surface area contributed by atoms with Crippen molar-refractivity contribution < 1.29 is 14.4 Å². The Hall–Kier alpha value is -3.48. The lowest BCUT2D eigenvalue weighted by Gasteiger charge is -2.29. The third-order valence-electron chi connectivity index (χ3n) is 5.24. The molecule has 7 nitrogen and oxygen atoms in total. The Morgan fingerprint density at radius 2 is 2.00 bits per heavy atom. The van der Waals surface area contributed by atoms with Gasteiger partial charge in [-0.25, -0.2) is 4.98 Å². The maximum atomic E-state index is 12.8. The molecule has 3 amide bonds. The van der Waals surface area contributed by atoms with Crippen LogP contribution in [0.2, 0.25) is 0 Å². The molecule has 2 aromatic heterocycles. The number of aromatic nitrogens is 2. The number of carbonyl (C=O) groups excluding carboxylic acids is 3. The van der Waals surface area contributed by atoms with Gasteiger partial charge in [-0.1, -0.05) is 12.1 Å². The second kappa shape index (κ2) is 5.77. The van der Waals surface area contributed by atoms with Crippen molar-refractivity contribution in [3.63, 3.8) is 0 Å². The van der Waals surface area contributed by atoms with Gasteiger partial charge in [0.2, 0.25) is 11.8 Å². The quantitative estimate of drug-likeness (QED) is 0.706. The number of nitrogens with zero attached hydrogens (tertiary/aromatic N) is 3. The lowest BCUT2D eigenvalue weighted by atomic mass is 10.0. The van der Waals surface area contributed by atoms with Gasteiger partial charge in [-0.3, -0.25) is 19.7 Å². The summed E-state index contributed by atoms with van der Waals surface area (Å²) in [5.74, 6) is -0.845. The number of imidazole rings is 1. The van der Waals surface area contributed by atoms with Crippen LogP contribution in [0.25, 0.3) is 16.8 Å². The average molecular weight is 360 g/mol. The minimum absolute atomic E-state index is 0.166. The topological polar surface area (TPSA) is 83.8 Å². The normalized spacial score (nSPS) is 19.5. The third kappa shape index (κ3) is 2.43. The van der Waals surface area contributed by atoms with Crippen LogP contribution >= 0.6 is 0 Å². The first-order valence-corrected chi connectivity index (χ1v) is 8.81. The van der Waals surface area contributed by atoms with E-state index in [2.05, 4.69) is 10.3 Å². The van der Waals surface area contributed by atoms with Crippen LogP contribution in [0.3, 0.4) is 0 Å². The van der Waals surface area contributed by atoms with Crippen LogP contribution in [-0.2, 0) is 16.1 Å². The fourth-order valence-corrected chi connectivity index (χ4v) is 3.89. The molecule has 1 fully saturated rings. The number of hydrogen-bond donors (Lipinski definition) is 1. The molecule has 2 aliphatic heterocycles. The van der Waals surface area contributed by atoms with Crippen molar-refractivity contribution in [2.45, 2.75) is 25.4 Å². The molecule has 1 atom stereocenters. The summed E-state index contributed by atoms with van der Waals surface area (Å²) in [7, 11) is 0. The summed E-state index contributed by atoms with van der Waals surface area (Å²) in [4.78, 5) is 42.4. The first-order valence-electron chi connectivity index (χ1n) is 8.81. The molecule has 134 valence electrons. The van der Waals surface area contributed by atoms with Gasteiger partial charge in [0.05, 0.1) is 17.5 Å². The van der Waals surface area contributed by atoms with Crippen molar-refractivity contribution in [3.8, 4) is 11.3 Å². The van der Waals surface area contributed by atoms with E-state index in [0.717, 1.165) is 22.3 Å². The van der Waals surface area contributed by atoms with E-state index in [9.17, 15) is 14.4 Å². The molecule has 0 bridgehead atoms. The molecule has 0 radical (unpaired) electrons. The number of rotatable bonds is 2. The van der Waals surface area contributed by atoms with Gasteiger partial charge in [0.1, 0.15) is 6.04 Å². The highest BCUT2D eigenvalue weighted by Gasteiger charge is 2.39. The number of piperidine rings is 1. The van der Waals surface area contributed by atoms with Gasteiger partial charge in [0, 0.05) is 30.3 Å². The Morgan fingerprint density at radius 1 is 1.11 bits per heavy atom. The predicted octanol–water partition coefficient (Wildman–Crippen LogP) is 1.76. The van der Waals surface area contributed by atoms with E-state index < -0.39 is 11.9 Å². The van der Waals surface area contributed by atoms with Gasteiger partial charge in [-0.2, -0.15) is 0 Å². The van der Waals surface area contributed by atoms with Crippen molar-refractivity contribution in [1.82, 2.24) is 19.6 Å². The molecule has 27 heavy (non-hydrogen) atoms. The van der Waals surface area contributed by atoms with E-state index in [1.165, 1.54) is 0 Å². The maximum Gasteiger partial charge on any atom is 0.255 e. The average Bonchev–Trinajstić information content (AvgIpc) is 3.23. The number of hydrogen-bond acceptors (Lipinski definition) is 4. The third-order valence-corrected chi connectivity index (χ3v) is 5.24. The summed E-state index contributed by atoms with van der Waals surface area (Å²) in [6.07, 6.45) is 4.32. The van der Waals surface area contributed by atoms with Crippen LogP contribution in [-0.4, -0.2) is 38.0 Å². The van der Waals surface area contributed by atoms with Crippen LogP contribution in [0.4, 0.5) is 0 Å². The summed E-state index contributed by atoms with van der Waals surface area (Å²) in [6, 6.07) is 11.0.